The number of aromatic nitrogens is 3. The monoisotopic (exact) mass is 493 g/mol. The topological polar surface area (TPSA) is 98.1 Å². The summed E-state index contributed by atoms with van der Waals surface area (Å²) in [6, 6.07) is 6.22. The Bertz CT molecular complexity index is 1230. The molecule has 8 heteroatoms. The molecule has 0 spiro atoms. The highest BCUT2D eigenvalue weighted by molar-refractivity contribution is 5.96. The molecule has 0 aliphatic heterocycles. The third kappa shape index (κ3) is 6.62. The Morgan fingerprint density at radius 1 is 1.14 bits per heavy atom. The molecule has 1 aromatic carbocycles. The van der Waals surface area contributed by atoms with Gasteiger partial charge in [-0.1, -0.05) is 52.0 Å². The molecule has 8 nitrogen and oxygen atoms in total. The lowest BCUT2D eigenvalue weighted by molar-refractivity contribution is 0.0961. The van der Waals surface area contributed by atoms with Crippen LogP contribution in [-0.2, 0) is 6.54 Å². The Balaban J connectivity index is 0.000000840. The number of methoxy groups -OCH3 is 1. The molecule has 2 N–H and O–H groups in total. The molecule has 0 atom stereocenters. The molecule has 2 heterocycles. The first-order valence-electron chi connectivity index (χ1n) is 12.9. The molecular formula is C28H39N5O3. The molecule has 1 fully saturated rings. The number of aryl methyl sites for hydroxylation is 1. The lowest BCUT2D eigenvalue weighted by Gasteiger charge is -2.26. The summed E-state index contributed by atoms with van der Waals surface area (Å²) in [6.45, 7) is 6.90. The van der Waals surface area contributed by atoms with Gasteiger partial charge in [-0.2, -0.15) is 4.98 Å². The van der Waals surface area contributed by atoms with E-state index in [0.29, 0.717) is 23.5 Å². The number of ether oxygens (including phenoxy) is 1. The van der Waals surface area contributed by atoms with E-state index in [9.17, 15) is 9.59 Å². The number of benzene rings is 1. The summed E-state index contributed by atoms with van der Waals surface area (Å²) >= 11 is 0. The van der Waals surface area contributed by atoms with Crippen molar-refractivity contribution in [1.82, 2.24) is 19.9 Å². The number of amides is 1. The maximum absolute atomic E-state index is 13.0. The van der Waals surface area contributed by atoms with Crippen molar-refractivity contribution in [3.05, 3.63) is 57.5 Å². The standard InChI is InChI=1S/C24H29N5O3.C4H10/c1-15-9-16(11-18(10-15)32-3)12-26-24-27-13-19-21(30)20(23(31)25-2)14-29(22(19)28-24)17-7-5-4-6-8-17;1-3-4-2/h9-11,13-14,17H,4-8,12H2,1-3H3,(H,25,31)(H,26,27,28);3-4H2,1-2H3. The van der Waals surface area contributed by atoms with Crippen LogP contribution >= 0.6 is 0 Å². The van der Waals surface area contributed by atoms with Crippen molar-refractivity contribution in [2.24, 2.45) is 0 Å². The van der Waals surface area contributed by atoms with Crippen molar-refractivity contribution in [2.45, 2.75) is 78.3 Å². The first kappa shape index (κ1) is 27.2. The average molecular weight is 494 g/mol. The minimum atomic E-state index is -0.392. The molecule has 1 aliphatic carbocycles. The van der Waals surface area contributed by atoms with E-state index in [1.165, 1.54) is 32.5 Å². The SMILES string of the molecule is CCCC.CNC(=O)c1cn(C2CCCCC2)c2nc(NCc3cc(C)cc(OC)c3)ncc2c1=O. The zero-order valence-electron chi connectivity index (χ0n) is 22.2. The van der Waals surface area contributed by atoms with Gasteiger partial charge in [-0.25, -0.2) is 4.98 Å². The normalized spacial score (nSPS) is 13.6. The fourth-order valence-electron chi connectivity index (χ4n) is 4.38. The van der Waals surface area contributed by atoms with Gasteiger partial charge in [0, 0.05) is 32.0 Å². The molecule has 194 valence electrons. The van der Waals surface area contributed by atoms with E-state index >= 15 is 0 Å². The van der Waals surface area contributed by atoms with E-state index < -0.39 is 5.91 Å². The van der Waals surface area contributed by atoms with Crippen molar-refractivity contribution in [3.8, 4) is 5.75 Å². The summed E-state index contributed by atoms with van der Waals surface area (Å²) in [4.78, 5) is 34.4. The Morgan fingerprint density at radius 3 is 2.50 bits per heavy atom. The molecule has 0 bridgehead atoms. The number of pyridine rings is 1. The lowest BCUT2D eigenvalue weighted by Crippen LogP contribution is -2.29. The Hall–Kier alpha value is -3.42. The van der Waals surface area contributed by atoms with Gasteiger partial charge in [-0.15, -0.1) is 0 Å². The number of nitrogens with zero attached hydrogens (tertiary/aromatic N) is 3. The Labute approximate surface area is 213 Å². The van der Waals surface area contributed by atoms with Crippen LogP contribution in [-0.4, -0.2) is 34.6 Å². The van der Waals surface area contributed by atoms with Gasteiger partial charge in [-0.05, 0) is 43.0 Å². The average Bonchev–Trinajstić information content (AvgIpc) is 2.92. The van der Waals surface area contributed by atoms with E-state index in [0.717, 1.165) is 42.6 Å². The van der Waals surface area contributed by atoms with Crippen LogP contribution in [0, 0.1) is 6.92 Å². The van der Waals surface area contributed by atoms with Crippen molar-refractivity contribution in [3.63, 3.8) is 0 Å². The highest BCUT2D eigenvalue weighted by Crippen LogP contribution is 2.30. The first-order valence-corrected chi connectivity index (χ1v) is 12.9. The summed E-state index contributed by atoms with van der Waals surface area (Å²) in [5.74, 6) is 0.848. The van der Waals surface area contributed by atoms with Gasteiger partial charge >= 0.3 is 0 Å². The highest BCUT2D eigenvalue weighted by atomic mass is 16.5. The molecule has 2 aromatic heterocycles. The largest absolute Gasteiger partial charge is 0.497 e. The molecular weight excluding hydrogens is 454 g/mol. The van der Waals surface area contributed by atoms with E-state index in [4.69, 9.17) is 9.72 Å². The number of anilines is 1. The molecule has 1 aliphatic rings. The van der Waals surface area contributed by atoms with Gasteiger partial charge in [0.2, 0.25) is 11.4 Å². The number of hydrogen-bond acceptors (Lipinski definition) is 6. The highest BCUT2D eigenvalue weighted by Gasteiger charge is 2.22. The number of carbonyl (C=O) groups excluding carboxylic acids is 1. The summed E-state index contributed by atoms with van der Waals surface area (Å²) in [5, 5.41) is 6.18. The second-order valence-corrected chi connectivity index (χ2v) is 9.29. The molecule has 4 rings (SSSR count). The predicted molar refractivity (Wildman–Crippen MR) is 145 cm³/mol. The molecule has 0 saturated heterocycles. The van der Waals surface area contributed by atoms with E-state index in [1.54, 1.807) is 13.3 Å². The number of hydrogen-bond donors (Lipinski definition) is 2. The van der Waals surface area contributed by atoms with Gasteiger partial charge in [0.05, 0.1) is 12.5 Å². The number of unbranched alkanes of at least 4 members (excludes halogenated alkanes) is 1. The van der Waals surface area contributed by atoms with Crippen molar-refractivity contribution in [2.75, 3.05) is 19.5 Å². The van der Waals surface area contributed by atoms with Gasteiger partial charge < -0.3 is 19.9 Å². The molecule has 3 aromatic rings. The maximum Gasteiger partial charge on any atom is 0.256 e. The lowest BCUT2D eigenvalue weighted by atomic mass is 9.95. The second kappa shape index (κ2) is 13.0. The zero-order chi connectivity index (χ0) is 26.1. The summed E-state index contributed by atoms with van der Waals surface area (Å²) in [6.07, 6.45) is 11.3. The molecule has 1 amide bonds. The van der Waals surface area contributed by atoms with Crippen LogP contribution in [0.1, 0.15) is 86.3 Å². The predicted octanol–water partition coefficient (Wildman–Crippen LogP) is 5.39. The zero-order valence-corrected chi connectivity index (χ0v) is 22.2. The fraction of sp³-hybridized carbons (Fsp3) is 0.500. The first-order chi connectivity index (χ1) is 17.4. The van der Waals surface area contributed by atoms with Gasteiger partial charge in [0.1, 0.15) is 17.0 Å². The van der Waals surface area contributed by atoms with Crippen molar-refractivity contribution < 1.29 is 9.53 Å². The quantitative estimate of drug-likeness (QED) is 0.458. The van der Waals surface area contributed by atoms with E-state index in [2.05, 4.69) is 35.5 Å². The fourth-order valence-corrected chi connectivity index (χ4v) is 4.38. The van der Waals surface area contributed by atoms with Gasteiger partial charge in [0.15, 0.2) is 0 Å². The second-order valence-electron chi connectivity index (χ2n) is 9.29. The van der Waals surface area contributed by atoms with Gasteiger partial charge in [-0.3, -0.25) is 9.59 Å². The van der Waals surface area contributed by atoms with Crippen LogP contribution < -0.4 is 20.8 Å². The van der Waals surface area contributed by atoms with Crippen molar-refractivity contribution in [1.29, 1.82) is 0 Å². The summed E-state index contributed by atoms with van der Waals surface area (Å²) in [5.41, 5.74) is 2.50. The van der Waals surface area contributed by atoms with Crippen LogP contribution in [0.15, 0.2) is 35.4 Å². The van der Waals surface area contributed by atoms with Crippen LogP contribution in [0.3, 0.4) is 0 Å². The third-order valence-corrected chi connectivity index (χ3v) is 6.51. The Kier molecular flexibility index (Phi) is 9.85. The number of fused-ring (bicyclic) bond motifs is 1. The minimum absolute atomic E-state index is 0.127. The van der Waals surface area contributed by atoms with Crippen LogP contribution in [0.4, 0.5) is 5.95 Å². The van der Waals surface area contributed by atoms with E-state index in [-0.39, 0.29) is 17.0 Å². The summed E-state index contributed by atoms with van der Waals surface area (Å²) in [7, 11) is 3.18. The van der Waals surface area contributed by atoms with Gasteiger partial charge in [0.25, 0.3) is 5.91 Å². The number of rotatable bonds is 7. The summed E-state index contributed by atoms with van der Waals surface area (Å²) < 4.78 is 7.35. The van der Waals surface area contributed by atoms with Crippen LogP contribution in [0.5, 0.6) is 5.75 Å². The smallest absolute Gasteiger partial charge is 0.256 e. The molecule has 0 radical (unpaired) electrons. The third-order valence-electron chi connectivity index (χ3n) is 6.51. The van der Waals surface area contributed by atoms with Crippen molar-refractivity contribution >= 4 is 22.9 Å². The molecule has 0 unspecified atom stereocenters. The van der Waals surface area contributed by atoms with Crippen LogP contribution in [0.25, 0.3) is 11.0 Å². The molecule has 1 saturated carbocycles. The Morgan fingerprint density at radius 2 is 1.86 bits per heavy atom. The maximum atomic E-state index is 13.0. The number of carbonyl (C=O) groups is 1. The minimum Gasteiger partial charge on any atom is -0.497 e. The van der Waals surface area contributed by atoms with E-state index in [1.807, 2.05) is 23.6 Å². The van der Waals surface area contributed by atoms with Crippen LogP contribution in [0.2, 0.25) is 0 Å². The number of nitrogens with one attached hydrogen (secondary N) is 2. The molecule has 36 heavy (non-hydrogen) atoms.